The van der Waals surface area contributed by atoms with Crippen LogP contribution in [0.4, 0.5) is 0 Å². The molecule has 146 valence electrons. The molecule has 0 aliphatic rings. The van der Waals surface area contributed by atoms with Crippen LogP contribution >= 0.6 is 11.3 Å². The molecular weight excluding hydrogens is 398 g/mol. The highest BCUT2D eigenvalue weighted by Gasteiger charge is 2.13. The number of para-hydroxylation sites is 1. The first-order valence-electron chi connectivity index (χ1n) is 8.37. The van der Waals surface area contributed by atoms with Crippen molar-refractivity contribution in [2.45, 2.75) is 12.4 Å². The molecule has 0 N–H and O–H groups in total. The van der Waals surface area contributed by atoms with Gasteiger partial charge in [0.2, 0.25) is 0 Å². The first-order valence-corrected chi connectivity index (χ1v) is 11.3. The summed E-state index contributed by atoms with van der Waals surface area (Å²) in [5.74, 6) is 0.0768. The lowest BCUT2D eigenvalue weighted by Crippen LogP contribution is -2.07. The van der Waals surface area contributed by atoms with Crippen LogP contribution in [-0.2, 0) is 26.9 Å². The van der Waals surface area contributed by atoms with Crippen molar-refractivity contribution >= 4 is 27.1 Å². The average molecular weight is 418 g/mol. The molecule has 1 aromatic heterocycles. The van der Waals surface area contributed by atoms with Crippen molar-refractivity contribution in [2.75, 3.05) is 13.4 Å². The molecule has 2 aromatic carbocycles. The summed E-state index contributed by atoms with van der Waals surface area (Å²) in [4.78, 5) is 16.8. The Bertz CT molecular complexity index is 1090. The number of aromatic nitrogens is 1. The minimum Gasteiger partial charge on any atom is -0.496 e. The van der Waals surface area contributed by atoms with Gasteiger partial charge < -0.3 is 9.47 Å². The monoisotopic (exact) mass is 417 g/mol. The second kappa shape index (κ2) is 8.53. The SMILES string of the molecule is COc1ccccc1-c1nc(COC(=O)c2cccc(CS(C)(=O)=O)c2)cs1. The van der Waals surface area contributed by atoms with Crippen LogP contribution in [0.5, 0.6) is 5.75 Å². The van der Waals surface area contributed by atoms with E-state index in [9.17, 15) is 13.2 Å². The van der Waals surface area contributed by atoms with Crippen molar-refractivity contribution in [3.05, 3.63) is 70.7 Å². The van der Waals surface area contributed by atoms with Gasteiger partial charge in [0, 0.05) is 11.6 Å². The van der Waals surface area contributed by atoms with Gasteiger partial charge in [0.25, 0.3) is 0 Å². The summed E-state index contributed by atoms with van der Waals surface area (Å²) in [5.41, 5.74) is 2.36. The predicted octanol–water partition coefficient (Wildman–Crippen LogP) is 3.72. The normalized spacial score (nSPS) is 11.2. The summed E-state index contributed by atoms with van der Waals surface area (Å²) in [7, 11) is -1.57. The van der Waals surface area contributed by atoms with Crippen LogP contribution in [0.25, 0.3) is 10.6 Å². The van der Waals surface area contributed by atoms with Crippen molar-refractivity contribution in [1.29, 1.82) is 0 Å². The molecular formula is C20H19NO5S2. The highest BCUT2D eigenvalue weighted by Crippen LogP contribution is 2.32. The summed E-state index contributed by atoms with van der Waals surface area (Å²) < 4.78 is 33.5. The van der Waals surface area contributed by atoms with Crippen molar-refractivity contribution < 1.29 is 22.7 Å². The summed E-state index contributed by atoms with van der Waals surface area (Å²) in [6, 6.07) is 14.0. The van der Waals surface area contributed by atoms with Crippen molar-refractivity contribution in [3.8, 4) is 16.3 Å². The van der Waals surface area contributed by atoms with Gasteiger partial charge >= 0.3 is 5.97 Å². The zero-order valence-corrected chi connectivity index (χ0v) is 17.0. The number of methoxy groups -OCH3 is 1. The van der Waals surface area contributed by atoms with Crippen molar-refractivity contribution in [3.63, 3.8) is 0 Å². The first-order chi connectivity index (χ1) is 13.4. The topological polar surface area (TPSA) is 82.6 Å². The van der Waals surface area contributed by atoms with Crippen LogP contribution in [0, 0.1) is 0 Å². The van der Waals surface area contributed by atoms with Gasteiger partial charge in [-0.3, -0.25) is 0 Å². The van der Waals surface area contributed by atoms with Crippen LogP contribution in [0.3, 0.4) is 0 Å². The summed E-state index contributed by atoms with van der Waals surface area (Å²) in [6.45, 7) is 0.0286. The van der Waals surface area contributed by atoms with Gasteiger partial charge in [0.05, 0.1) is 29.7 Å². The van der Waals surface area contributed by atoms with E-state index < -0.39 is 15.8 Å². The molecule has 0 saturated heterocycles. The Balaban J connectivity index is 1.67. The van der Waals surface area contributed by atoms with E-state index in [0.717, 1.165) is 22.6 Å². The molecule has 0 unspecified atom stereocenters. The Morgan fingerprint density at radius 3 is 2.68 bits per heavy atom. The maximum Gasteiger partial charge on any atom is 0.338 e. The lowest BCUT2D eigenvalue weighted by molar-refractivity contribution is 0.0468. The summed E-state index contributed by atoms with van der Waals surface area (Å²) in [6.07, 6.45) is 1.15. The molecule has 0 fully saturated rings. The number of ether oxygens (including phenoxy) is 2. The van der Waals surface area contributed by atoms with Gasteiger partial charge in [0.1, 0.15) is 17.4 Å². The second-order valence-corrected chi connectivity index (χ2v) is 9.19. The molecule has 0 spiro atoms. The standard InChI is InChI=1S/C20H19NO5S2/c1-25-18-9-4-3-8-17(18)19-21-16(12-27-19)11-26-20(22)15-7-5-6-14(10-15)13-28(2,23)24/h3-10,12H,11,13H2,1-2H3. The average Bonchev–Trinajstić information content (AvgIpc) is 3.13. The number of benzene rings is 2. The number of hydrogen-bond donors (Lipinski definition) is 0. The zero-order valence-electron chi connectivity index (χ0n) is 15.4. The molecule has 0 saturated carbocycles. The van der Waals surface area contributed by atoms with Crippen LogP contribution in [0.1, 0.15) is 21.6 Å². The van der Waals surface area contributed by atoms with E-state index in [-0.39, 0.29) is 12.4 Å². The van der Waals surface area contributed by atoms with Crippen LogP contribution in [0.15, 0.2) is 53.9 Å². The maximum atomic E-state index is 12.3. The van der Waals surface area contributed by atoms with E-state index in [1.54, 1.807) is 25.3 Å². The van der Waals surface area contributed by atoms with E-state index in [2.05, 4.69) is 4.98 Å². The lowest BCUT2D eigenvalue weighted by atomic mass is 10.1. The van der Waals surface area contributed by atoms with E-state index in [4.69, 9.17) is 9.47 Å². The van der Waals surface area contributed by atoms with Crippen molar-refractivity contribution in [2.24, 2.45) is 0 Å². The number of carbonyl (C=O) groups is 1. The molecule has 1 heterocycles. The van der Waals surface area contributed by atoms with Gasteiger partial charge in [-0.15, -0.1) is 11.3 Å². The fraction of sp³-hybridized carbons (Fsp3) is 0.200. The number of nitrogens with zero attached hydrogens (tertiary/aromatic N) is 1. The second-order valence-electron chi connectivity index (χ2n) is 6.19. The third-order valence-corrected chi connectivity index (χ3v) is 5.61. The number of thiazole rings is 1. The van der Waals surface area contributed by atoms with E-state index in [1.807, 2.05) is 29.6 Å². The fourth-order valence-corrected chi connectivity index (χ4v) is 4.25. The minimum absolute atomic E-state index is 0.0286. The van der Waals surface area contributed by atoms with E-state index in [0.29, 0.717) is 16.8 Å². The number of sulfone groups is 1. The molecule has 3 rings (SSSR count). The summed E-state index contributed by atoms with van der Waals surface area (Å²) in [5, 5.41) is 2.61. The number of rotatable bonds is 7. The molecule has 0 amide bonds. The molecule has 3 aromatic rings. The minimum atomic E-state index is -3.18. The molecule has 8 heteroatoms. The van der Waals surface area contributed by atoms with E-state index in [1.165, 1.54) is 17.4 Å². The first kappa shape index (κ1) is 20.0. The quantitative estimate of drug-likeness (QED) is 0.545. The number of esters is 1. The third kappa shape index (κ3) is 5.17. The molecule has 0 aliphatic heterocycles. The van der Waals surface area contributed by atoms with Gasteiger partial charge in [-0.25, -0.2) is 18.2 Å². The van der Waals surface area contributed by atoms with Crippen LogP contribution < -0.4 is 4.74 Å². The van der Waals surface area contributed by atoms with Crippen LogP contribution in [0.2, 0.25) is 0 Å². The Morgan fingerprint density at radius 1 is 1.14 bits per heavy atom. The fourth-order valence-electron chi connectivity index (χ4n) is 2.63. The van der Waals surface area contributed by atoms with Gasteiger partial charge in [-0.1, -0.05) is 24.3 Å². The molecule has 28 heavy (non-hydrogen) atoms. The molecule has 0 aliphatic carbocycles. The van der Waals surface area contributed by atoms with E-state index >= 15 is 0 Å². The van der Waals surface area contributed by atoms with Gasteiger partial charge in [0.15, 0.2) is 9.84 Å². The van der Waals surface area contributed by atoms with Gasteiger partial charge in [-0.05, 0) is 29.8 Å². The third-order valence-electron chi connectivity index (χ3n) is 3.83. The highest BCUT2D eigenvalue weighted by molar-refractivity contribution is 7.89. The molecule has 0 bridgehead atoms. The largest absolute Gasteiger partial charge is 0.496 e. The molecule has 6 nitrogen and oxygen atoms in total. The Hall–Kier alpha value is -2.71. The summed E-state index contributed by atoms with van der Waals surface area (Å²) >= 11 is 1.44. The predicted molar refractivity (Wildman–Crippen MR) is 108 cm³/mol. The smallest absolute Gasteiger partial charge is 0.338 e. The van der Waals surface area contributed by atoms with Gasteiger partial charge in [-0.2, -0.15) is 0 Å². The Kier molecular flexibility index (Phi) is 6.11. The van der Waals surface area contributed by atoms with Crippen molar-refractivity contribution in [1.82, 2.24) is 4.98 Å². The molecule has 0 atom stereocenters. The Morgan fingerprint density at radius 2 is 1.93 bits per heavy atom. The zero-order chi connectivity index (χ0) is 20.1. The number of hydrogen-bond acceptors (Lipinski definition) is 7. The molecule has 0 radical (unpaired) electrons. The highest BCUT2D eigenvalue weighted by atomic mass is 32.2. The Labute approximate surface area is 167 Å². The number of carbonyl (C=O) groups excluding carboxylic acids is 1. The maximum absolute atomic E-state index is 12.3. The lowest BCUT2D eigenvalue weighted by Gasteiger charge is -2.06. The van der Waals surface area contributed by atoms with Crippen LogP contribution in [-0.4, -0.2) is 32.7 Å².